The molecular weight excluding hydrogens is 260 g/mol. The summed E-state index contributed by atoms with van der Waals surface area (Å²) in [7, 11) is 1.84. The molecule has 19 heavy (non-hydrogen) atoms. The molecule has 104 valence electrons. The zero-order chi connectivity index (χ0) is 12.9. The lowest BCUT2D eigenvalue weighted by Crippen LogP contribution is -2.47. The van der Waals surface area contributed by atoms with E-state index in [0.717, 1.165) is 17.8 Å². The van der Waals surface area contributed by atoms with Gasteiger partial charge in [-0.25, -0.2) is 0 Å². The van der Waals surface area contributed by atoms with Gasteiger partial charge in [-0.2, -0.15) is 12.6 Å². The number of methoxy groups -OCH3 is 1. The molecule has 5 rings (SSSR count). The number of hydrogen-bond acceptors (Lipinski definition) is 4. The molecule has 1 heterocycles. The molecule has 0 spiro atoms. The van der Waals surface area contributed by atoms with Gasteiger partial charge < -0.3 is 9.47 Å². The van der Waals surface area contributed by atoms with Crippen LogP contribution in [0, 0.1) is 47.3 Å². The van der Waals surface area contributed by atoms with Gasteiger partial charge in [0.2, 0.25) is 0 Å². The molecule has 4 saturated carbocycles. The van der Waals surface area contributed by atoms with Gasteiger partial charge in [0.1, 0.15) is 0 Å². The first-order chi connectivity index (χ1) is 9.22. The van der Waals surface area contributed by atoms with E-state index in [9.17, 15) is 4.79 Å². The number of rotatable bonds is 1. The Balaban J connectivity index is 1.54. The minimum atomic E-state index is 0.0951. The molecule has 0 aromatic heterocycles. The van der Waals surface area contributed by atoms with Crippen LogP contribution in [0.4, 0.5) is 0 Å². The van der Waals surface area contributed by atoms with E-state index in [1.165, 1.54) is 12.8 Å². The van der Waals surface area contributed by atoms with Gasteiger partial charge in [-0.05, 0) is 48.3 Å². The summed E-state index contributed by atoms with van der Waals surface area (Å²) in [5, 5.41) is 0.381. The molecule has 4 bridgehead atoms. The van der Waals surface area contributed by atoms with Crippen LogP contribution in [0.1, 0.15) is 12.8 Å². The van der Waals surface area contributed by atoms with Crippen LogP contribution < -0.4 is 0 Å². The smallest absolute Gasteiger partial charge is 0.309 e. The molecule has 10 atom stereocenters. The Morgan fingerprint density at radius 2 is 1.84 bits per heavy atom. The first-order valence-corrected chi connectivity index (χ1v) is 8.11. The Kier molecular flexibility index (Phi) is 2.11. The minimum absolute atomic E-state index is 0.0951. The van der Waals surface area contributed by atoms with Crippen molar-refractivity contribution in [2.45, 2.75) is 24.2 Å². The van der Waals surface area contributed by atoms with E-state index in [2.05, 4.69) is 0 Å². The summed E-state index contributed by atoms with van der Waals surface area (Å²) >= 11 is 4.83. The minimum Gasteiger partial charge on any atom is -0.465 e. The van der Waals surface area contributed by atoms with Gasteiger partial charge in [0.15, 0.2) is 0 Å². The quantitative estimate of drug-likeness (QED) is 0.450. The van der Waals surface area contributed by atoms with Crippen LogP contribution in [-0.2, 0) is 14.3 Å². The predicted molar refractivity (Wildman–Crippen MR) is 71.7 cm³/mol. The highest BCUT2D eigenvalue weighted by atomic mass is 32.1. The summed E-state index contributed by atoms with van der Waals surface area (Å²) in [4.78, 5) is 12.0. The van der Waals surface area contributed by atoms with E-state index in [1.54, 1.807) is 0 Å². The molecule has 0 amide bonds. The Morgan fingerprint density at radius 1 is 1.11 bits per heavy atom. The SMILES string of the molecule is COC1C(S)C2CC1C1C3CC(C4C(=O)OCC34)C21. The summed E-state index contributed by atoms with van der Waals surface area (Å²) in [6.07, 6.45) is 2.89. The highest BCUT2D eigenvalue weighted by molar-refractivity contribution is 7.81. The lowest BCUT2D eigenvalue weighted by Gasteiger charge is -2.43. The molecular formula is C15H20O3S. The van der Waals surface area contributed by atoms with Crippen LogP contribution in [0.2, 0.25) is 0 Å². The summed E-state index contributed by atoms with van der Waals surface area (Å²) in [6, 6.07) is 0. The Hall–Kier alpha value is -0.220. The third-order valence-corrected chi connectivity index (χ3v) is 7.82. The van der Waals surface area contributed by atoms with Gasteiger partial charge in [0.05, 0.1) is 18.6 Å². The van der Waals surface area contributed by atoms with Crippen LogP contribution in [0.5, 0.6) is 0 Å². The van der Waals surface area contributed by atoms with Gasteiger partial charge in [-0.1, -0.05) is 0 Å². The largest absolute Gasteiger partial charge is 0.465 e. The lowest BCUT2D eigenvalue weighted by atomic mass is 9.63. The topological polar surface area (TPSA) is 35.5 Å². The second kappa shape index (κ2) is 3.51. The van der Waals surface area contributed by atoms with Crippen molar-refractivity contribution in [3.05, 3.63) is 0 Å². The molecule has 10 unspecified atom stereocenters. The van der Waals surface area contributed by atoms with E-state index in [1.807, 2.05) is 7.11 Å². The Bertz CT molecular complexity index is 453. The van der Waals surface area contributed by atoms with Crippen molar-refractivity contribution in [2.24, 2.45) is 47.3 Å². The maximum Gasteiger partial charge on any atom is 0.309 e. The molecule has 5 fully saturated rings. The van der Waals surface area contributed by atoms with Gasteiger partial charge in [0.25, 0.3) is 0 Å². The van der Waals surface area contributed by atoms with Crippen LogP contribution in [0.25, 0.3) is 0 Å². The van der Waals surface area contributed by atoms with Gasteiger partial charge in [0, 0.05) is 18.3 Å². The first kappa shape index (κ1) is 11.4. The highest BCUT2D eigenvalue weighted by Gasteiger charge is 2.72. The molecule has 5 aliphatic rings. The average Bonchev–Trinajstić information content (AvgIpc) is 3.11. The predicted octanol–water partition coefficient (Wildman–Crippen LogP) is 1.62. The zero-order valence-electron chi connectivity index (χ0n) is 11.1. The van der Waals surface area contributed by atoms with Crippen LogP contribution >= 0.6 is 12.6 Å². The lowest BCUT2D eigenvalue weighted by molar-refractivity contribution is -0.143. The number of esters is 1. The normalized spacial score (nSPS) is 64.4. The number of carbonyl (C=O) groups is 1. The average molecular weight is 280 g/mol. The van der Waals surface area contributed by atoms with Crippen LogP contribution in [0.15, 0.2) is 0 Å². The van der Waals surface area contributed by atoms with Gasteiger partial charge in [-0.15, -0.1) is 0 Å². The van der Waals surface area contributed by atoms with Gasteiger partial charge >= 0.3 is 5.97 Å². The maximum absolute atomic E-state index is 12.0. The second-order valence-electron chi connectivity index (χ2n) is 7.29. The fourth-order valence-corrected chi connectivity index (χ4v) is 7.51. The number of ether oxygens (including phenoxy) is 2. The Morgan fingerprint density at radius 3 is 2.63 bits per heavy atom. The number of carbonyl (C=O) groups excluding carboxylic acids is 1. The molecule has 0 radical (unpaired) electrons. The van der Waals surface area contributed by atoms with E-state index >= 15 is 0 Å². The van der Waals surface area contributed by atoms with E-state index in [0.29, 0.717) is 41.6 Å². The fourth-order valence-electron chi connectivity index (χ4n) is 6.85. The van der Waals surface area contributed by atoms with Crippen molar-refractivity contribution in [2.75, 3.05) is 13.7 Å². The van der Waals surface area contributed by atoms with Crippen molar-refractivity contribution >= 4 is 18.6 Å². The van der Waals surface area contributed by atoms with Gasteiger partial charge in [-0.3, -0.25) is 4.79 Å². The van der Waals surface area contributed by atoms with Crippen LogP contribution in [0.3, 0.4) is 0 Å². The highest BCUT2D eigenvalue weighted by Crippen LogP contribution is 2.72. The molecule has 1 saturated heterocycles. The second-order valence-corrected chi connectivity index (χ2v) is 7.89. The molecule has 0 aromatic rings. The molecule has 3 nitrogen and oxygen atoms in total. The van der Waals surface area contributed by atoms with Crippen molar-refractivity contribution in [3.63, 3.8) is 0 Å². The summed E-state index contributed by atoms with van der Waals surface area (Å²) < 4.78 is 11.1. The van der Waals surface area contributed by atoms with Crippen molar-refractivity contribution in [1.29, 1.82) is 0 Å². The van der Waals surface area contributed by atoms with Crippen molar-refractivity contribution in [1.82, 2.24) is 0 Å². The number of fused-ring (bicyclic) bond motifs is 12. The monoisotopic (exact) mass is 280 g/mol. The molecule has 0 N–H and O–H groups in total. The van der Waals surface area contributed by atoms with Crippen LogP contribution in [-0.4, -0.2) is 31.0 Å². The third-order valence-electron chi connectivity index (χ3n) is 7.14. The third kappa shape index (κ3) is 1.12. The van der Waals surface area contributed by atoms with E-state index in [4.69, 9.17) is 22.1 Å². The molecule has 1 aliphatic heterocycles. The fraction of sp³-hybridized carbons (Fsp3) is 0.933. The summed E-state index contributed by atoms with van der Waals surface area (Å²) in [5.41, 5.74) is 0. The number of cyclic esters (lactones) is 1. The number of hydrogen-bond donors (Lipinski definition) is 1. The molecule has 0 aromatic carbocycles. The van der Waals surface area contributed by atoms with E-state index < -0.39 is 0 Å². The maximum atomic E-state index is 12.0. The zero-order valence-corrected chi connectivity index (χ0v) is 12.0. The molecule has 4 heteroatoms. The standard InChI is InChI=1S/C15H20O3S/c1-17-13-7-3-8(14(13)19)11-6-2-5(10(7)11)9-4-18-15(16)12(6)9/h5-14,19H,2-4H2,1H3. The van der Waals surface area contributed by atoms with Crippen molar-refractivity contribution < 1.29 is 14.3 Å². The first-order valence-electron chi connectivity index (χ1n) is 7.60. The van der Waals surface area contributed by atoms with Crippen molar-refractivity contribution in [3.8, 4) is 0 Å². The number of thiol groups is 1. The molecule has 4 aliphatic carbocycles. The summed E-state index contributed by atoms with van der Waals surface area (Å²) in [6.45, 7) is 0.688. The van der Waals surface area contributed by atoms with E-state index in [-0.39, 0.29) is 11.9 Å². The summed E-state index contributed by atoms with van der Waals surface area (Å²) in [5.74, 6) is 5.05. The Labute approximate surface area is 118 Å².